The van der Waals surface area contributed by atoms with Gasteiger partial charge in [0.25, 0.3) is 0 Å². The number of anilines is 2. The van der Waals surface area contributed by atoms with Crippen LogP contribution in [0.4, 0.5) is 15.8 Å². The number of thiophene rings is 1. The Kier molecular flexibility index (Phi) is 4.27. The molecule has 0 aliphatic heterocycles. The van der Waals surface area contributed by atoms with Crippen LogP contribution < -0.4 is 15.4 Å². The van der Waals surface area contributed by atoms with Gasteiger partial charge in [-0.05, 0) is 17.9 Å². The van der Waals surface area contributed by atoms with Crippen molar-refractivity contribution in [3.05, 3.63) is 40.3 Å². The van der Waals surface area contributed by atoms with Gasteiger partial charge in [-0.2, -0.15) is 0 Å². The average Bonchev–Trinajstić information content (AvgIpc) is 2.89. The third-order valence-corrected chi connectivity index (χ3v) is 3.92. The van der Waals surface area contributed by atoms with Crippen LogP contribution in [-0.4, -0.2) is 20.7 Å². The normalized spacial score (nSPS) is 10.5. The Bertz CT molecular complexity index is 543. The lowest BCUT2D eigenvalue weighted by atomic mass is 10.2. The standard InChI is InChI=1S/C14H17FN2OS/c1-17(6-5-10-4-3-7-19-10)13-9-14(18-2)11(15)8-12(13)16/h3-4,7-9H,5-6,16H2,1-2H3. The molecular weight excluding hydrogens is 263 g/mol. The van der Waals surface area contributed by atoms with E-state index in [0.717, 1.165) is 18.7 Å². The average molecular weight is 280 g/mol. The van der Waals surface area contributed by atoms with Crippen molar-refractivity contribution in [1.29, 1.82) is 0 Å². The third kappa shape index (κ3) is 3.17. The molecule has 1 aromatic heterocycles. The van der Waals surface area contributed by atoms with Crippen molar-refractivity contribution in [2.24, 2.45) is 0 Å². The van der Waals surface area contributed by atoms with E-state index < -0.39 is 5.82 Å². The first-order valence-corrected chi connectivity index (χ1v) is 6.86. The van der Waals surface area contributed by atoms with Gasteiger partial charge in [0.2, 0.25) is 0 Å². The van der Waals surface area contributed by atoms with Crippen LogP contribution in [0.2, 0.25) is 0 Å². The van der Waals surface area contributed by atoms with Crippen LogP contribution in [0, 0.1) is 5.82 Å². The zero-order chi connectivity index (χ0) is 13.8. The molecule has 0 unspecified atom stereocenters. The van der Waals surface area contributed by atoms with Crippen LogP contribution in [0.3, 0.4) is 0 Å². The van der Waals surface area contributed by atoms with E-state index in [9.17, 15) is 4.39 Å². The van der Waals surface area contributed by atoms with Crippen LogP contribution in [0.15, 0.2) is 29.6 Å². The third-order valence-electron chi connectivity index (χ3n) is 2.99. The Balaban J connectivity index is 2.11. The number of ether oxygens (including phenoxy) is 1. The Labute approximate surface area is 116 Å². The number of halogens is 1. The first-order valence-electron chi connectivity index (χ1n) is 5.98. The van der Waals surface area contributed by atoms with E-state index in [2.05, 4.69) is 11.4 Å². The highest BCUT2D eigenvalue weighted by Gasteiger charge is 2.11. The van der Waals surface area contributed by atoms with E-state index in [4.69, 9.17) is 10.5 Å². The van der Waals surface area contributed by atoms with Gasteiger partial charge in [-0.1, -0.05) is 6.07 Å². The zero-order valence-electron chi connectivity index (χ0n) is 11.0. The van der Waals surface area contributed by atoms with E-state index in [1.807, 2.05) is 18.0 Å². The highest BCUT2D eigenvalue weighted by Crippen LogP contribution is 2.30. The van der Waals surface area contributed by atoms with Crippen molar-refractivity contribution in [3.8, 4) is 5.75 Å². The Morgan fingerprint density at radius 3 is 2.84 bits per heavy atom. The molecule has 3 nitrogen and oxygen atoms in total. The number of hydrogen-bond donors (Lipinski definition) is 1. The van der Waals surface area contributed by atoms with Crippen molar-refractivity contribution < 1.29 is 9.13 Å². The van der Waals surface area contributed by atoms with Crippen molar-refractivity contribution in [2.75, 3.05) is 31.3 Å². The molecule has 0 saturated heterocycles. The van der Waals surface area contributed by atoms with Crippen LogP contribution in [0.5, 0.6) is 5.75 Å². The fourth-order valence-electron chi connectivity index (χ4n) is 1.90. The summed E-state index contributed by atoms with van der Waals surface area (Å²) in [6.45, 7) is 0.819. The number of nitrogens with two attached hydrogens (primary N) is 1. The molecule has 1 heterocycles. The smallest absolute Gasteiger partial charge is 0.167 e. The lowest BCUT2D eigenvalue weighted by molar-refractivity contribution is 0.387. The largest absolute Gasteiger partial charge is 0.494 e. The molecule has 19 heavy (non-hydrogen) atoms. The summed E-state index contributed by atoms with van der Waals surface area (Å²) < 4.78 is 18.5. The van der Waals surface area contributed by atoms with Gasteiger partial charge >= 0.3 is 0 Å². The van der Waals surface area contributed by atoms with Crippen molar-refractivity contribution in [2.45, 2.75) is 6.42 Å². The summed E-state index contributed by atoms with van der Waals surface area (Å²) in [5, 5.41) is 2.06. The molecule has 1 aromatic carbocycles. The molecule has 0 radical (unpaired) electrons. The summed E-state index contributed by atoms with van der Waals surface area (Å²) in [6.07, 6.45) is 0.938. The number of nitrogens with zero attached hydrogens (tertiary/aromatic N) is 1. The number of likely N-dealkylation sites (N-methyl/N-ethyl adjacent to an activating group) is 1. The summed E-state index contributed by atoms with van der Waals surface area (Å²) >= 11 is 1.73. The minimum absolute atomic E-state index is 0.215. The monoisotopic (exact) mass is 280 g/mol. The number of rotatable bonds is 5. The molecule has 0 aliphatic carbocycles. The van der Waals surface area contributed by atoms with Crippen LogP contribution in [-0.2, 0) is 6.42 Å². The summed E-state index contributed by atoms with van der Waals surface area (Å²) in [5.41, 5.74) is 7.07. The van der Waals surface area contributed by atoms with Gasteiger partial charge in [0, 0.05) is 30.6 Å². The highest BCUT2D eigenvalue weighted by molar-refractivity contribution is 7.09. The van der Waals surface area contributed by atoms with Gasteiger partial charge in [-0.15, -0.1) is 11.3 Å². The zero-order valence-corrected chi connectivity index (χ0v) is 11.8. The molecule has 102 valence electrons. The number of methoxy groups -OCH3 is 1. The topological polar surface area (TPSA) is 38.5 Å². The number of hydrogen-bond acceptors (Lipinski definition) is 4. The van der Waals surface area contributed by atoms with Gasteiger partial charge in [-0.25, -0.2) is 4.39 Å². The molecule has 2 N–H and O–H groups in total. The second-order valence-corrected chi connectivity index (χ2v) is 5.33. The molecule has 0 atom stereocenters. The highest BCUT2D eigenvalue weighted by atomic mass is 32.1. The van der Waals surface area contributed by atoms with E-state index in [-0.39, 0.29) is 5.75 Å². The lowest BCUT2D eigenvalue weighted by Gasteiger charge is -2.21. The fraction of sp³-hybridized carbons (Fsp3) is 0.286. The van der Waals surface area contributed by atoms with Gasteiger partial charge in [0.1, 0.15) is 0 Å². The molecule has 0 spiro atoms. The van der Waals surface area contributed by atoms with E-state index in [1.54, 1.807) is 17.4 Å². The van der Waals surface area contributed by atoms with Gasteiger partial charge in [0.05, 0.1) is 18.5 Å². The number of nitrogen functional groups attached to an aromatic ring is 1. The van der Waals surface area contributed by atoms with E-state index in [1.165, 1.54) is 18.1 Å². The Morgan fingerprint density at radius 1 is 1.42 bits per heavy atom. The SMILES string of the molecule is COc1cc(N(C)CCc2cccs2)c(N)cc1F. The summed E-state index contributed by atoms with van der Waals surface area (Å²) in [4.78, 5) is 3.33. The summed E-state index contributed by atoms with van der Waals surface area (Å²) in [5.74, 6) is -0.220. The van der Waals surface area contributed by atoms with Crippen molar-refractivity contribution in [3.63, 3.8) is 0 Å². The minimum Gasteiger partial charge on any atom is -0.494 e. The molecule has 2 rings (SSSR count). The van der Waals surface area contributed by atoms with Crippen molar-refractivity contribution >= 4 is 22.7 Å². The second kappa shape index (κ2) is 5.93. The first-order chi connectivity index (χ1) is 9.11. The van der Waals surface area contributed by atoms with Gasteiger partial charge in [-0.3, -0.25) is 0 Å². The van der Waals surface area contributed by atoms with Gasteiger partial charge in [0.15, 0.2) is 11.6 Å². The maximum Gasteiger partial charge on any atom is 0.167 e. The molecule has 2 aromatic rings. The van der Waals surface area contributed by atoms with Crippen molar-refractivity contribution in [1.82, 2.24) is 0 Å². The minimum atomic E-state index is -0.435. The molecular formula is C14H17FN2OS. The maximum atomic E-state index is 13.5. The molecule has 0 amide bonds. The molecule has 0 saturated carbocycles. The van der Waals surface area contributed by atoms with Crippen LogP contribution >= 0.6 is 11.3 Å². The predicted octanol–water partition coefficient (Wildman–Crippen LogP) is 3.16. The quantitative estimate of drug-likeness (QED) is 0.855. The Hall–Kier alpha value is -1.75. The number of benzene rings is 1. The summed E-state index contributed by atoms with van der Waals surface area (Å²) in [6, 6.07) is 7.08. The predicted molar refractivity (Wildman–Crippen MR) is 78.7 cm³/mol. The molecule has 0 fully saturated rings. The van der Waals surface area contributed by atoms with Gasteiger partial charge < -0.3 is 15.4 Å². The van der Waals surface area contributed by atoms with Crippen LogP contribution in [0.25, 0.3) is 0 Å². The summed E-state index contributed by atoms with van der Waals surface area (Å²) in [7, 11) is 3.39. The fourth-order valence-corrected chi connectivity index (χ4v) is 2.60. The van der Waals surface area contributed by atoms with Crippen LogP contribution in [0.1, 0.15) is 4.88 Å². The lowest BCUT2D eigenvalue weighted by Crippen LogP contribution is -2.21. The second-order valence-electron chi connectivity index (χ2n) is 4.30. The molecule has 0 bridgehead atoms. The maximum absolute atomic E-state index is 13.5. The molecule has 0 aliphatic rings. The van der Waals surface area contributed by atoms with E-state index in [0.29, 0.717) is 5.69 Å². The first kappa shape index (κ1) is 13.7. The van der Waals surface area contributed by atoms with E-state index >= 15 is 0 Å². The Morgan fingerprint density at radius 2 is 2.21 bits per heavy atom. The molecule has 5 heteroatoms.